The first-order chi connectivity index (χ1) is 8.22. The molecule has 1 saturated heterocycles. The Kier molecular flexibility index (Phi) is 2.18. The van der Waals surface area contributed by atoms with Crippen molar-refractivity contribution in [1.82, 2.24) is 9.97 Å². The van der Waals surface area contributed by atoms with Crippen LogP contribution in [0.4, 0.5) is 0 Å². The largest absolute Gasteiger partial charge is 0.393 e. The van der Waals surface area contributed by atoms with Crippen molar-refractivity contribution in [2.24, 2.45) is 0 Å². The normalized spacial score (nSPS) is 17.4. The number of fused-ring (bicyclic) bond motifs is 1. The number of cyclic esters (lactones) is 2. The van der Waals surface area contributed by atoms with Gasteiger partial charge in [0.15, 0.2) is 0 Å². The van der Waals surface area contributed by atoms with E-state index >= 15 is 0 Å². The van der Waals surface area contributed by atoms with Crippen LogP contribution in [0.15, 0.2) is 24.5 Å². The van der Waals surface area contributed by atoms with E-state index in [2.05, 4.69) is 14.7 Å². The Morgan fingerprint density at radius 1 is 1.24 bits per heavy atom. The van der Waals surface area contributed by atoms with Crippen molar-refractivity contribution in [3.63, 3.8) is 0 Å². The molecule has 0 unspecified atom stereocenters. The molecule has 0 spiro atoms. The average Bonchev–Trinajstić information content (AvgIpc) is 2.74. The van der Waals surface area contributed by atoms with Gasteiger partial charge in [0, 0.05) is 5.92 Å². The van der Waals surface area contributed by atoms with Crippen LogP contribution >= 0.6 is 0 Å². The van der Waals surface area contributed by atoms with Crippen LogP contribution in [0.1, 0.15) is 24.3 Å². The van der Waals surface area contributed by atoms with Gasteiger partial charge in [-0.1, -0.05) is 6.07 Å². The van der Waals surface area contributed by atoms with Crippen LogP contribution < -0.4 is 0 Å². The molecular formula is C12H10N2O3. The maximum Gasteiger partial charge on any atom is 0.314 e. The highest BCUT2D eigenvalue weighted by molar-refractivity contribution is 5.89. The van der Waals surface area contributed by atoms with Gasteiger partial charge in [0.1, 0.15) is 0 Å². The van der Waals surface area contributed by atoms with Crippen LogP contribution in [0.25, 0.3) is 11.0 Å². The second-order valence-corrected chi connectivity index (χ2v) is 4.13. The standard InChI is InChI=1S/C12H10N2O3/c15-11-4-8(5-12(16)17-11)7-1-2-9-10(3-7)14-6-13-9/h1-3,6,8H,4-5H2,(H,13,14). The van der Waals surface area contributed by atoms with E-state index in [1.807, 2.05) is 18.2 Å². The predicted octanol–water partition coefficient (Wildman–Crippen LogP) is 1.51. The summed E-state index contributed by atoms with van der Waals surface area (Å²) < 4.78 is 4.51. The summed E-state index contributed by atoms with van der Waals surface area (Å²) in [5, 5.41) is 0. The Morgan fingerprint density at radius 2 is 2.00 bits per heavy atom. The van der Waals surface area contributed by atoms with Crippen LogP contribution in [-0.4, -0.2) is 21.9 Å². The smallest absolute Gasteiger partial charge is 0.314 e. The number of aromatic nitrogens is 2. The van der Waals surface area contributed by atoms with E-state index in [0.29, 0.717) is 0 Å². The number of hydrogen-bond acceptors (Lipinski definition) is 4. The van der Waals surface area contributed by atoms with Gasteiger partial charge in [-0.15, -0.1) is 0 Å². The second-order valence-electron chi connectivity index (χ2n) is 4.13. The Morgan fingerprint density at radius 3 is 2.76 bits per heavy atom. The number of rotatable bonds is 1. The number of ether oxygens (including phenoxy) is 1. The molecule has 0 saturated carbocycles. The molecule has 2 heterocycles. The van der Waals surface area contributed by atoms with Crippen LogP contribution in [0, 0.1) is 0 Å². The van der Waals surface area contributed by atoms with E-state index in [0.717, 1.165) is 16.6 Å². The van der Waals surface area contributed by atoms with Crippen LogP contribution in [0.3, 0.4) is 0 Å². The molecule has 17 heavy (non-hydrogen) atoms. The van der Waals surface area contributed by atoms with E-state index in [4.69, 9.17) is 0 Å². The van der Waals surface area contributed by atoms with Gasteiger partial charge in [0.2, 0.25) is 0 Å². The molecule has 1 aliphatic rings. The summed E-state index contributed by atoms with van der Waals surface area (Å²) in [6.45, 7) is 0. The van der Waals surface area contributed by atoms with Crippen molar-refractivity contribution < 1.29 is 14.3 Å². The third-order valence-electron chi connectivity index (χ3n) is 2.97. The van der Waals surface area contributed by atoms with Gasteiger partial charge < -0.3 is 9.72 Å². The first-order valence-electron chi connectivity index (χ1n) is 5.39. The lowest BCUT2D eigenvalue weighted by molar-refractivity contribution is -0.163. The first kappa shape index (κ1) is 10.0. The maximum atomic E-state index is 11.2. The first-order valence-corrected chi connectivity index (χ1v) is 5.39. The van der Waals surface area contributed by atoms with Gasteiger partial charge in [0.25, 0.3) is 0 Å². The van der Waals surface area contributed by atoms with Gasteiger partial charge in [-0.3, -0.25) is 9.59 Å². The summed E-state index contributed by atoms with van der Waals surface area (Å²) in [6, 6.07) is 5.71. The summed E-state index contributed by atoms with van der Waals surface area (Å²) >= 11 is 0. The van der Waals surface area contributed by atoms with Gasteiger partial charge in [-0.2, -0.15) is 0 Å². The maximum absolute atomic E-state index is 11.2. The lowest BCUT2D eigenvalue weighted by Gasteiger charge is -2.19. The minimum atomic E-state index is -0.448. The zero-order valence-electron chi connectivity index (χ0n) is 8.97. The fourth-order valence-electron chi connectivity index (χ4n) is 2.13. The Labute approximate surface area is 96.8 Å². The van der Waals surface area contributed by atoms with Crippen LogP contribution in [0.2, 0.25) is 0 Å². The van der Waals surface area contributed by atoms with Gasteiger partial charge >= 0.3 is 11.9 Å². The molecule has 2 aromatic rings. The third-order valence-corrected chi connectivity index (χ3v) is 2.97. The second kappa shape index (κ2) is 3.69. The van der Waals surface area contributed by atoms with Crippen molar-refractivity contribution in [3.8, 4) is 0 Å². The van der Waals surface area contributed by atoms with Crippen molar-refractivity contribution in [2.75, 3.05) is 0 Å². The molecule has 3 rings (SSSR count). The molecule has 1 fully saturated rings. The molecule has 5 heteroatoms. The zero-order valence-corrected chi connectivity index (χ0v) is 8.97. The molecule has 0 radical (unpaired) electrons. The summed E-state index contributed by atoms with van der Waals surface area (Å²) in [7, 11) is 0. The highest BCUT2D eigenvalue weighted by atomic mass is 16.6. The van der Waals surface area contributed by atoms with Gasteiger partial charge in [-0.05, 0) is 17.7 Å². The fourth-order valence-corrected chi connectivity index (χ4v) is 2.13. The Bertz CT molecular complexity index is 587. The monoisotopic (exact) mass is 230 g/mol. The van der Waals surface area contributed by atoms with E-state index in [9.17, 15) is 9.59 Å². The highest BCUT2D eigenvalue weighted by Gasteiger charge is 2.28. The van der Waals surface area contributed by atoms with Crippen molar-refractivity contribution in [2.45, 2.75) is 18.8 Å². The van der Waals surface area contributed by atoms with Crippen LogP contribution in [-0.2, 0) is 14.3 Å². The summed E-state index contributed by atoms with van der Waals surface area (Å²) in [5.41, 5.74) is 2.75. The number of H-pyrrole nitrogens is 1. The number of nitrogens with zero attached hydrogens (tertiary/aromatic N) is 1. The van der Waals surface area contributed by atoms with Gasteiger partial charge in [0.05, 0.1) is 30.2 Å². The molecule has 1 aromatic heterocycles. The van der Waals surface area contributed by atoms with Crippen molar-refractivity contribution >= 4 is 23.0 Å². The Hall–Kier alpha value is -2.17. The quantitative estimate of drug-likeness (QED) is 0.595. The number of carbonyl (C=O) groups is 2. The number of benzene rings is 1. The van der Waals surface area contributed by atoms with Crippen LogP contribution in [0.5, 0.6) is 0 Å². The molecule has 5 nitrogen and oxygen atoms in total. The molecule has 0 aliphatic carbocycles. The Balaban J connectivity index is 1.96. The highest BCUT2D eigenvalue weighted by Crippen LogP contribution is 2.29. The molecule has 86 valence electrons. The predicted molar refractivity (Wildman–Crippen MR) is 59.2 cm³/mol. The van der Waals surface area contributed by atoms with Crippen molar-refractivity contribution in [1.29, 1.82) is 0 Å². The molecule has 0 amide bonds. The molecule has 0 bridgehead atoms. The number of carbonyl (C=O) groups excluding carboxylic acids is 2. The summed E-state index contributed by atoms with van der Waals surface area (Å²) in [4.78, 5) is 29.5. The minimum absolute atomic E-state index is 0.0866. The molecule has 1 aliphatic heterocycles. The van der Waals surface area contributed by atoms with Crippen molar-refractivity contribution in [3.05, 3.63) is 30.1 Å². The third kappa shape index (κ3) is 1.80. The molecule has 1 aromatic carbocycles. The lowest BCUT2D eigenvalue weighted by Crippen LogP contribution is -2.24. The number of aromatic amines is 1. The molecule has 1 N–H and O–H groups in total. The van der Waals surface area contributed by atoms with Gasteiger partial charge in [-0.25, -0.2) is 4.98 Å². The summed E-state index contributed by atoms with van der Waals surface area (Å²) in [6.07, 6.45) is 2.13. The molecule has 0 atom stereocenters. The summed E-state index contributed by atoms with van der Waals surface area (Å²) in [5.74, 6) is -0.983. The van der Waals surface area contributed by atoms with E-state index in [-0.39, 0.29) is 18.8 Å². The molecular weight excluding hydrogens is 220 g/mol. The fraction of sp³-hybridized carbons (Fsp3) is 0.250. The zero-order chi connectivity index (χ0) is 11.8. The van der Waals surface area contributed by atoms with E-state index in [1.165, 1.54) is 0 Å². The lowest BCUT2D eigenvalue weighted by atomic mass is 9.91. The number of nitrogens with one attached hydrogen (secondary N) is 1. The van der Waals surface area contributed by atoms with E-state index in [1.54, 1.807) is 6.33 Å². The number of esters is 2. The van der Waals surface area contributed by atoms with E-state index < -0.39 is 11.9 Å². The topological polar surface area (TPSA) is 72.0 Å². The SMILES string of the molecule is O=C1CC(c2ccc3nc[nH]c3c2)CC(=O)O1. The average molecular weight is 230 g/mol. The minimum Gasteiger partial charge on any atom is -0.393 e. The number of hydrogen-bond donors (Lipinski definition) is 1. The number of imidazole rings is 1.